The van der Waals surface area contributed by atoms with Gasteiger partial charge in [-0.05, 0) is 54.6 Å². The summed E-state index contributed by atoms with van der Waals surface area (Å²) in [5, 5.41) is 6.14. The maximum atomic E-state index is 13.6. The molecule has 5 rings (SSSR count). The van der Waals surface area contributed by atoms with Gasteiger partial charge in [-0.25, -0.2) is 4.68 Å². The molecule has 4 aromatic rings. The van der Waals surface area contributed by atoms with E-state index in [1.165, 1.54) is 0 Å². The largest absolute Gasteiger partial charge is 0.367 e. The van der Waals surface area contributed by atoms with Crippen LogP contribution in [0.1, 0.15) is 10.5 Å². The highest BCUT2D eigenvalue weighted by Crippen LogP contribution is 2.27. The highest BCUT2D eigenvalue weighted by atomic mass is 35.5. The van der Waals surface area contributed by atoms with Crippen molar-refractivity contribution in [1.82, 2.24) is 19.2 Å². The lowest BCUT2D eigenvalue weighted by Gasteiger charge is -2.36. The van der Waals surface area contributed by atoms with Gasteiger partial charge >= 0.3 is 0 Å². The first-order chi connectivity index (χ1) is 16.0. The topological polar surface area (TPSA) is 46.3 Å². The third kappa shape index (κ3) is 4.24. The van der Waals surface area contributed by atoms with E-state index in [1.807, 2.05) is 77.3 Å². The molecule has 0 bridgehead atoms. The number of piperazine rings is 1. The molecule has 0 aliphatic carbocycles. The van der Waals surface area contributed by atoms with Crippen molar-refractivity contribution in [3.63, 3.8) is 0 Å². The molecule has 2 aromatic carbocycles. The van der Waals surface area contributed by atoms with Crippen LogP contribution in [0.4, 0.5) is 5.69 Å². The number of hydrogen-bond acceptors (Lipinski definition) is 3. The third-order valence-electron chi connectivity index (χ3n) is 5.97. The zero-order valence-corrected chi connectivity index (χ0v) is 19.7. The number of aromatic nitrogens is 3. The molecule has 168 valence electrons. The van der Waals surface area contributed by atoms with Crippen LogP contribution in [0.15, 0.2) is 72.9 Å². The molecule has 33 heavy (non-hydrogen) atoms. The molecule has 8 heteroatoms. The van der Waals surface area contributed by atoms with Gasteiger partial charge in [0.25, 0.3) is 5.91 Å². The molecule has 0 N–H and O–H groups in total. The summed E-state index contributed by atoms with van der Waals surface area (Å²) in [7, 11) is 1.96. The Morgan fingerprint density at radius 3 is 2.30 bits per heavy atom. The average molecular weight is 480 g/mol. The second-order valence-corrected chi connectivity index (χ2v) is 8.88. The number of rotatable bonds is 4. The maximum absolute atomic E-state index is 13.6. The molecule has 2 aromatic heterocycles. The third-order valence-corrected chi connectivity index (χ3v) is 6.54. The summed E-state index contributed by atoms with van der Waals surface area (Å²) in [6.07, 6.45) is 1.96. The highest BCUT2D eigenvalue weighted by molar-refractivity contribution is 6.33. The minimum absolute atomic E-state index is 0.0447. The van der Waals surface area contributed by atoms with Crippen LogP contribution in [0, 0.1) is 0 Å². The van der Waals surface area contributed by atoms with Crippen LogP contribution >= 0.6 is 23.2 Å². The van der Waals surface area contributed by atoms with E-state index >= 15 is 0 Å². The second-order valence-electron chi connectivity index (χ2n) is 8.04. The Hall–Kier alpha value is -3.22. The van der Waals surface area contributed by atoms with E-state index in [4.69, 9.17) is 28.3 Å². The highest BCUT2D eigenvalue weighted by Gasteiger charge is 2.27. The van der Waals surface area contributed by atoms with Gasteiger partial charge in [0, 0.05) is 44.4 Å². The summed E-state index contributed by atoms with van der Waals surface area (Å²) in [5.74, 6) is -0.0447. The van der Waals surface area contributed by atoms with Crippen molar-refractivity contribution in [3.8, 4) is 17.1 Å². The number of benzene rings is 2. The Morgan fingerprint density at radius 2 is 1.64 bits per heavy atom. The number of aryl methyl sites for hydroxylation is 1. The first-order valence-electron chi connectivity index (χ1n) is 10.8. The van der Waals surface area contributed by atoms with E-state index in [2.05, 4.69) is 4.90 Å². The minimum atomic E-state index is -0.0447. The van der Waals surface area contributed by atoms with Gasteiger partial charge < -0.3 is 14.4 Å². The molecule has 1 aliphatic heterocycles. The molecule has 1 saturated heterocycles. The predicted octanol–water partition coefficient (Wildman–Crippen LogP) is 5.15. The molecule has 1 amide bonds. The van der Waals surface area contributed by atoms with Gasteiger partial charge in [-0.3, -0.25) is 4.79 Å². The Labute approximate surface area is 202 Å². The SMILES string of the molecule is Cn1cccc1-c1cc(C(=O)N2CCN(c3ccccc3Cl)CC2)n(-c2ccc(Cl)cc2)n1. The fraction of sp³-hybridized carbons (Fsp3) is 0.200. The molecular weight excluding hydrogens is 457 g/mol. The lowest BCUT2D eigenvalue weighted by Crippen LogP contribution is -2.49. The van der Waals surface area contributed by atoms with Gasteiger partial charge in [-0.15, -0.1) is 0 Å². The van der Waals surface area contributed by atoms with Crippen LogP contribution in [0.3, 0.4) is 0 Å². The molecule has 1 fully saturated rings. The van der Waals surface area contributed by atoms with Gasteiger partial charge in [-0.1, -0.05) is 35.3 Å². The summed E-state index contributed by atoms with van der Waals surface area (Å²) in [6.45, 7) is 2.65. The Kier molecular flexibility index (Phi) is 5.87. The summed E-state index contributed by atoms with van der Waals surface area (Å²) in [4.78, 5) is 17.7. The lowest BCUT2D eigenvalue weighted by atomic mass is 10.2. The van der Waals surface area contributed by atoms with Crippen LogP contribution in [-0.4, -0.2) is 51.3 Å². The summed E-state index contributed by atoms with van der Waals surface area (Å²) >= 11 is 12.5. The van der Waals surface area contributed by atoms with Crippen molar-refractivity contribution in [2.75, 3.05) is 31.1 Å². The number of halogens is 2. The van der Waals surface area contributed by atoms with Gasteiger partial charge in [0.2, 0.25) is 0 Å². The van der Waals surface area contributed by atoms with Crippen LogP contribution in [0.2, 0.25) is 10.0 Å². The molecule has 3 heterocycles. The van der Waals surface area contributed by atoms with Crippen molar-refractivity contribution >= 4 is 34.8 Å². The second kappa shape index (κ2) is 8.96. The van der Waals surface area contributed by atoms with Crippen molar-refractivity contribution in [2.45, 2.75) is 0 Å². The van der Waals surface area contributed by atoms with E-state index in [-0.39, 0.29) is 5.91 Å². The molecule has 0 saturated carbocycles. The van der Waals surface area contributed by atoms with Crippen molar-refractivity contribution in [2.24, 2.45) is 7.05 Å². The van der Waals surface area contributed by atoms with Crippen LogP contribution < -0.4 is 4.90 Å². The molecular formula is C25H23Cl2N5O. The quantitative estimate of drug-likeness (QED) is 0.406. The van der Waals surface area contributed by atoms with Gasteiger partial charge in [0.15, 0.2) is 0 Å². The van der Waals surface area contributed by atoms with Crippen LogP contribution in [0.5, 0.6) is 0 Å². The Balaban J connectivity index is 1.44. The Bertz CT molecular complexity index is 1290. The van der Waals surface area contributed by atoms with Crippen LogP contribution in [-0.2, 0) is 7.05 Å². The number of hydrogen-bond donors (Lipinski definition) is 0. The smallest absolute Gasteiger partial charge is 0.272 e. The van der Waals surface area contributed by atoms with Gasteiger partial charge in [-0.2, -0.15) is 5.10 Å². The first-order valence-corrected chi connectivity index (χ1v) is 11.5. The number of para-hydroxylation sites is 1. The zero-order chi connectivity index (χ0) is 22.9. The normalized spacial score (nSPS) is 14.0. The number of carbonyl (C=O) groups excluding carboxylic acids is 1. The van der Waals surface area contributed by atoms with E-state index in [1.54, 1.807) is 16.8 Å². The summed E-state index contributed by atoms with van der Waals surface area (Å²) in [6, 6.07) is 21.0. The van der Waals surface area contributed by atoms with Crippen molar-refractivity contribution in [3.05, 3.63) is 88.7 Å². The number of anilines is 1. The van der Waals surface area contributed by atoms with Gasteiger partial charge in [0.1, 0.15) is 11.4 Å². The number of nitrogens with zero attached hydrogens (tertiary/aromatic N) is 5. The molecule has 0 atom stereocenters. The number of carbonyl (C=O) groups is 1. The van der Waals surface area contributed by atoms with E-state index < -0.39 is 0 Å². The number of amides is 1. The molecule has 0 radical (unpaired) electrons. The summed E-state index contributed by atoms with van der Waals surface area (Å²) in [5.41, 5.74) is 4.01. The van der Waals surface area contributed by atoms with Gasteiger partial charge in [0.05, 0.1) is 22.1 Å². The first kappa shape index (κ1) is 21.6. The average Bonchev–Trinajstić information content (AvgIpc) is 3.46. The van der Waals surface area contributed by atoms with Crippen molar-refractivity contribution in [1.29, 1.82) is 0 Å². The monoisotopic (exact) mass is 479 g/mol. The van der Waals surface area contributed by atoms with E-state index in [9.17, 15) is 4.79 Å². The summed E-state index contributed by atoms with van der Waals surface area (Å²) < 4.78 is 3.70. The molecule has 0 spiro atoms. The molecule has 1 aliphatic rings. The lowest BCUT2D eigenvalue weighted by molar-refractivity contribution is 0.0737. The fourth-order valence-corrected chi connectivity index (χ4v) is 4.57. The van der Waals surface area contributed by atoms with E-state index in [0.717, 1.165) is 40.9 Å². The predicted molar refractivity (Wildman–Crippen MR) is 133 cm³/mol. The van der Waals surface area contributed by atoms with E-state index in [0.29, 0.717) is 23.8 Å². The fourth-order valence-electron chi connectivity index (χ4n) is 4.19. The van der Waals surface area contributed by atoms with Crippen molar-refractivity contribution < 1.29 is 4.79 Å². The molecule has 6 nitrogen and oxygen atoms in total. The molecule has 0 unspecified atom stereocenters. The minimum Gasteiger partial charge on any atom is -0.367 e. The van der Waals surface area contributed by atoms with Crippen LogP contribution in [0.25, 0.3) is 17.1 Å². The maximum Gasteiger partial charge on any atom is 0.272 e. The zero-order valence-electron chi connectivity index (χ0n) is 18.2. The standard InChI is InChI=1S/C25H23Cl2N5O/c1-29-12-4-7-23(29)21-17-24(32(28-21)19-10-8-18(26)9-11-19)25(33)31-15-13-30(14-16-31)22-6-3-2-5-20(22)27/h2-12,17H,13-16H2,1H3. The Morgan fingerprint density at radius 1 is 0.909 bits per heavy atom.